The standard InChI is InChI=1S/C14H16F3IO3S2Si/c1-24(2,3)13-10-22-9-12(13)18(11-7-5-4-6-8-11)21-23(19,20)14(15,16)17/h4-10H,1-3H3. The van der Waals surface area contributed by atoms with Crippen LogP contribution < -0.4 is 5.19 Å². The fraction of sp³-hybridized carbons (Fsp3) is 0.286. The minimum atomic E-state index is -5.64. The van der Waals surface area contributed by atoms with Crippen molar-refractivity contribution in [3.8, 4) is 0 Å². The number of hydrogen-bond acceptors (Lipinski definition) is 4. The number of alkyl halides is 3. The SMILES string of the molecule is C[Si](C)(C)c1cscc1I(OS(=O)(=O)C(F)(F)F)c1ccccc1. The Hall–Kier alpha value is -0.433. The van der Waals surface area contributed by atoms with E-state index in [-0.39, 0.29) is 0 Å². The summed E-state index contributed by atoms with van der Waals surface area (Å²) >= 11 is -1.88. The van der Waals surface area contributed by atoms with Crippen molar-refractivity contribution in [1.29, 1.82) is 0 Å². The van der Waals surface area contributed by atoms with Crippen molar-refractivity contribution in [2.45, 2.75) is 25.1 Å². The molecule has 0 bridgehead atoms. The number of rotatable bonds is 5. The fourth-order valence-corrected chi connectivity index (χ4v) is 15.3. The van der Waals surface area contributed by atoms with E-state index in [1.165, 1.54) is 11.3 Å². The summed E-state index contributed by atoms with van der Waals surface area (Å²) in [5.74, 6) is 0. The first-order chi connectivity index (χ1) is 10.9. The summed E-state index contributed by atoms with van der Waals surface area (Å²) in [6.07, 6.45) is 0. The molecule has 0 N–H and O–H groups in total. The van der Waals surface area contributed by atoms with Crippen LogP contribution in [0.3, 0.4) is 0 Å². The van der Waals surface area contributed by atoms with Crippen molar-refractivity contribution < 1.29 is 24.1 Å². The Morgan fingerprint density at radius 3 is 2.17 bits per heavy atom. The van der Waals surface area contributed by atoms with E-state index in [1.54, 1.807) is 35.7 Å². The molecular weight excluding hydrogens is 492 g/mol. The molecule has 1 aromatic heterocycles. The number of thiophene rings is 1. The second kappa shape index (κ2) is 7.06. The van der Waals surface area contributed by atoms with E-state index in [4.69, 9.17) is 2.51 Å². The van der Waals surface area contributed by atoms with Crippen molar-refractivity contribution in [3.05, 3.63) is 48.2 Å². The minimum absolute atomic E-state index is 0.521. The van der Waals surface area contributed by atoms with Gasteiger partial charge in [0.05, 0.1) is 0 Å². The van der Waals surface area contributed by atoms with Gasteiger partial charge in [-0.2, -0.15) is 0 Å². The van der Waals surface area contributed by atoms with Crippen LogP contribution in [0.1, 0.15) is 0 Å². The zero-order chi connectivity index (χ0) is 18.2. The van der Waals surface area contributed by atoms with Crippen LogP contribution in [0.15, 0.2) is 41.1 Å². The summed E-state index contributed by atoms with van der Waals surface area (Å²) in [4.78, 5) is 0. The average molecular weight is 508 g/mol. The first kappa shape index (κ1) is 19.9. The van der Waals surface area contributed by atoms with E-state index in [2.05, 4.69) is 19.6 Å². The van der Waals surface area contributed by atoms with E-state index in [0.717, 1.165) is 5.19 Å². The molecule has 0 aliphatic rings. The Labute approximate surface area is 151 Å². The predicted molar refractivity (Wildman–Crippen MR) is 101 cm³/mol. The zero-order valence-electron chi connectivity index (χ0n) is 13.1. The molecule has 0 fully saturated rings. The predicted octanol–water partition coefficient (Wildman–Crippen LogP) is 4.62. The fourth-order valence-electron chi connectivity index (χ4n) is 1.79. The molecular formula is C14H16F3IO3S2Si. The van der Waals surface area contributed by atoms with Gasteiger partial charge in [-0.25, -0.2) is 0 Å². The van der Waals surface area contributed by atoms with Gasteiger partial charge in [-0.05, 0) is 0 Å². The molecule has 0 saturated heterocycles. The van der Waals surface area contributed by atoms with Gasteiger partial charge in [0.25, 0.3) is 0 Å². The van der Waals surface area contributed by atoms with E-state index in [1.807, 2.05) is 5.38 Å². The van der Waals surface area contributed by atoms with Gasteiger partial charge in [-0.1, -0.05) is 0 Å². The molecule has 2 rings (SSSR count). The Kier molecular flexibility index (Phi) is 5.85. The summed E-state index contributed by atoms with van der Waals surface area (Å²) in [6, 6.07) is 8.32. The molecule has 1 aromatic carbocycles. The second-order valence-electron chi connectivity index (χ2n) is 5.89. The third-order valence-electron chi connectivity index (χ3n) is 2.97. The van der Waals surface area contributed by atoms with Gasteiger partial charge in [0.1, 0.15) is 0 Å². The molecule has 0 aliphatic heterocycles. The summed E-state index contributed by atoms with van der Waals surface area (Å²) < 4.78 is 67.6. The molecule has 3 nitrogen and oxygen atoms in total. The molecule has 0 radical (unpaired) electrons. The molecule has 0 aliphatic carbocycles. The van der Waals surface area contributed by atoms with Crippen LogP contribution in [-0.2, 0) is 12.6 Å². The summed E-state index contributed by atoms with van der Waals surface area (Å²) in [7, 11) is -7.49. The molecule has 0 saturated carbocycles. The molecule has 24 heavy (non-hydrogen) atoms. The third-order valence-corrected chi connectivity index (χ3v) is 14.0. The van der Waals surface area contributed by atoms with Crippen molar-refractivity contribution >= 4 is 54.9 Å². The third kappa shape index (κ3) is 4.39. The Balaban J connectivity index is 2.57. The Bertz CT molecular complexity index is 799. The van der Waals surface area contributed by atoms with E-state index in [9.17, 15) is 21.6 Å². The summed E-state index contributed by atoms with van der Waals surface area (Å²) in [5, 5.41) is 4.59. The van der Waals surface area contributed by atoms with Crippen molar-refractivity contribution in [1.82, 2.24) is 0 Å². The first-order valence-corrected chi connectivity index (χ1v) is 15.7. The van der Waals surface area contributed by atoms with Crippen molar-refractivity contribution in [2.75, 3.05) is 0 Å². The quantitative estimate of drug-likeness (QED) is 0.337. The van der Waals surface area contributed by atoms with Crippen LogP contribution in [-0.4, -0.2) is 22.0 Å². The Morgan fingerprint density at radius 1 is 1.08 bits per heavy atom. The van der Waals surface area contributed by atoms with Gasteiger partial charge in [0.2, 0.25) is 0 Å². The van der Waals surface area contributed by atoms with E-state index < -0.39 is 43.9 Å². The van der Waals surface area contributed by atoms with Crippen LogP contribution in [0.2, 0.25) is 19.6 Å². The average Bonchev–Trinajstić information content (AvgIpc) is 2.94. The second-order valence-corrected chi connectivity index (χ2v) is 18.1. The maximum atomic E-state index is 12.8. The molecule has 0 atom stereocenters. The normalized spacial score (nSPS) is 13.8. The van der Waals surface area contributed by atoms with Gasteiger partial charge in [0, 0.05) is 0 Å². The molecule has 0 unspecified atom stereocenters. The summed E-state index contributed by atoms with van der Waals surface area (Å²) in [5.41, 5.74) is -5.42. The molecule has 0 spiro atoms. The molecule has 1 heterocycles. The van der Waals surface area contributed by atoms with Gasteiger partial charge >= 0.3 is 152 Å². The maximum absolute atomic E-state index is 12.8. The van der Waals surface area contributed by atoms with Crippen LogP contribution >= 0.6 is 31.6 Å². The van der Waals surface area contributed by atoms with Crippen LogP contribution in [0.4, 0.5) is 13.2 Å². The monoisotopic (exact) mass is 508 g/mol. The van der Waals surface area contributed by atoms with Gasteiger partial charge < -0.3 is 0 Å². The molecule has 134 valence electrons. The van der Waals surface area contributed by atoms with Crippen molar-refractivity contribution in [3.63, 3.8) is 0 Å². The van der Waals surface area contributed by atoms with Gasteiger partial charge in [-0.3, -0.25) is 0 Å². The number of benzene rings is 1. The molecule has 10 heteroatoms. The summed E-state index contributed by atoms with van der Waals surface area (Å²) in [6.45, 7) is 6.20. The first-order valence-electron chi connectivity index (χ1n) is 6.76. The van der Waals surface area contributed by atoms with E-state index >= 15 is 0 Å². The Morgan fingerprint density at radius 2 is 1.67 bits per heavy atom. The number of halogens is 4. The van der Waals surface area contributed by atoms with Crippen LogP contribution in [0, 0.1) is 7.14 Å². The topological polar surface area (TPSA) is 43.4 Å². The zero-order valence-corrected chi connectivity index (χ0v) is 17.9. The van der Waals surface area contributed by atoms with Gasteiger partial charge in [-0.15, -0.1) is 0 Å². The number of hydrogen-bond donors (Lipinski definition) is 0. The molecule has 0 amide bonds. The van der Waals surface area contributed by atoms with Crippen molar-refractivity contribution in [2.24, 2.45) is 0 Å². The van der Waals surface area contributed by atoms with E-state index in [0.29, 0.717) is 7.14 Å². The van der Waals surface area contributed by atoms with Crippen LogP contribution in [0.25, 0.3) is 0 Å². The van der Waals surface area contributed by atoms with Gasteiger partial charge in [0.15, 0.2) is 0 Å². The van der Waals surface area contributed by atoms with Crippen LogP contribution in [0.5, 0.6) is 0 Å². The molecule has 2 aromatic rings.